The van der Waals surface area contributed by atoms with Gasteiger partial charge in [0.05, 0.1) is 4.92 Å². The maximum Gasteiger partial charge on any atom is 0.295 e. The normalized spacial score (nSPS) is 17.1. The van der Waals surface area contributed by atoms with E-state index in [9.17, 15) is 10.1 Å². The van der Waals surface area contributed by atoms with Gasteiger partial charge in [-0.05, 0) is 44.3 Å². The molecule has 23 heavy (non-hydrogen) atoms. The molecule has 1 aliphatic heterocycles. The second-order valence-corrected chi connectivity index (χ2v) is 6.66. The predicted octanol–water partition coefficient (Wildman–Crippen LogP) is 3.25. The van der Waals surface area contributed by atoms with Crippen molar-refractivity contribution in [3.63, 3.8) is 0 Å². The van der Waals surface area contributed by atoms with Gasteiger partial charge in [-0.25, -0.2) is 4.98 Å². The van der Waals surface area contributed by atoms with Gasteiger partial charge in [0.2, 0.25) is 0 Å². The van der Waals surface area contributed by atoms with Crippen molar-refractivity contribution in [1.29, 1.82) is 0 Å². The van der Waals surface area contributed by atoms with E-state index < -0.39 is 0 Å². The number of nitro groups is 1. The number of aryl methyl sites for hydroxylation is 1. The number of para-hydroxylation sites is 1. The highest BCUT2D eigenvalue weighted by Gasteiger charge is 2.26. The van der Waals surface area contributed by atoms with Crippen molar-refractivity contribution >= 4 is 22.3 Å². The molecule has 0 amide bonds. The number of non-ortho nitro benzene ring substituents is 1. The van der Waals surface area contributed by atoms with Gasteiger partial charge in [0.15, 0.2) is 5.52 Å². The summed E-state index contributed by atoms with van der Waals surface area (Å²) >= 11 is 0. The monoisotopic (exact) mass is 314 g/mol. The average Bonchev–Trinajstić information content (AvgIpc) is 2.52. The Morgan fingerprint density at radius 3 is 2.83 bits per heavy atom. The molecule has 0 unspecified atom stereocenters. The van der Waals surface area contributed by atoms with Crippen LogP contribution in [0.2, 0.25) is 0 Å². The maximum atomic E-state index is 11.2. The van der Waals surface area contributed by atoms with Crippen molar-refractivity contribution in [2.45, 2.75) is 26.7 Å². The first kappa shape index (κ1) is 15.7. The predicted molar refractivity (Wildman–Crippen MR) is 91.8 cm³/mol. The number of piperidine rings is 1. The van der Waals surface area contributed by atoms with Crippen molar-refractivity contribution in [2.24, 2.45) is 5.41 Å². The Morgan fingerprint density at radius 1 is 1.39 bits per heavy atom. The largest absolute Gasteiger partial charge is 0.384 e. The Balaban J connectivity index is 1.94. The minimum atomic E-state index is -0.368. The molecule has 1 saturated heterocycles. The van der Waals surface area contributed by atoms with Gasteiger partial charge in [-0.15, -0.1) is 0 Å². The van der Waals surface area contributed by atoms with Crippen LogP contribution in [0.4, 0.5) is 11.4 Å². The summed E-state index contributed by atoms with van der Waals surface area (Å²) in [7, 11) is 0. The lowest BCUT2D eigenvalue weighted by Gasteiger charge is -2.34. The topological polar surface area (TPSA) is 80.1 Å². The number of nitrogens with zero attached hydrogens (tertiary/aromatic N) is 2. The number of rotatable bonds is 4. The second kappa shape index (κ2) is 6.12. The van der Waals surface area contributed by atoms with Crippen molar-refractivity contribution in [3.8, 4) is 0 Å². The number of nitro benzene ring substituents is 1. The SMILES string of the molecule is Cc1cc(NCC2(C)CCNCC2)c2cccc([N+](=O)[O-])c2n1. The Morgan fingerprint density at radius 2 is 2.13 bits per heavy atom. The summed E-state index contributed by atoms with van der Waals surface area (Å²) in [6, 6.07) is 7.08. The molecule has 2 aromatic rings. The standard InChI is InChI=1S/C17H22N4O2/c1-12-10-14(19-11-17(2)6-8-18-9-7-17)13-4-3-5-15(21(22)23)16(13)20-12/h3-5,10,18H,6-9,11H2,1-2H3,(H,19,20). The molecular formula is C17H22N4O2. The van der Waals surface area contributed by atoms with Gasteiger partial charge in [0, 0.05) is 29.4 Å². The Hall–Kier alpha value is -2.21. The van der Waals surface area contributed by atoms with Crippen LogP contribution >= 0.6 is 0 Å². The molecule has 0 atom stereocenters. The van der Waals surface area contributed by atoms with Gasteiger partial charge in [-0.2, -0.15) is 0 Å². The molecule has 2 N–H and O–H groups in total. The van der Waals surface area contributed by atoms with Gasteiger partial charge in [0.25, 0.3) is 5.69 Å². The van der Waals surface area contributed by atoms with Crippen LogP contribution in [0.25, 0.3) is 10.9 Å². The lowest BCUT2D eigenvalue weighted by molar-refractivity contribution is -0.383. The van der Waals surface area contributed by atoms with E-state index in [1.54, 1.807) is 6.07 Å². The van der Waals surface area contributed by atoms with Crippen LogP contribution in [-0.4, -0.2) is 29.5 Å². The van der Waals surface area contributed by atoms with Gasteiger partial charge in [-0.3, -0.25) is 10.1 Å². The number of fused-ring (bicyclic) bond motifs is 1. The molecule has 1 fully saturated rings. The van der Waals surface area contributed by atoms with E-state index in [1.165, 1.54) is 6.07 Å². The van der Waals surface area contributed by atoms with Crippen LogP contribution in [0.3, 0.4) is 0 Å². The van der Waals surface area contributed by atoms with E-state index in [0.29, 0.717) is 5.52 Å². The number of hydrogen-bond donors (Lipinski definition) is 2. The number of benzene rings is 1. The Labute approximate surface area is 135 Å². The van der Waals surface area contributed by atoms with Gasteiger partial charge < -0.3 is 10.6 Å². The number of hydrogen-bond acceptors (Lipinski definition) is 5. The molecule has 0 radical (unpaired) electrons. The lowest BCUT2D eigenvalue weighted by Crippen LogP contribution is -2.39. The fourth-order valence-corrected chi connectivity index (χ4v) is 3.17. The summed E-state index contributed by atoms with van der Waals surface area (Å²) in [5.74, 6) is 0. The first-order chi connectivity index (χ1) is 11.0. The van der Waals surface area contributed by atoms with E-state index in [2.05, 4.69) is 22.5 Å². The van der Waals surface area contributed by atoms with Gasteiger partial charge in [-0.1, -0.05) is 19.1 Å². The van der Waals surface area contributed by atoms with Gasteiger partial charge in [0.1, 0.15) is 0 Å². The minimum absolute atomic E-state index is 0.0577. The van der Waals surface area contributed by atoms with Gasteiger partial charge >= 0.3 is 0 Å². The zero-order valence-electron chi connectivity index (χ0n) is 13.6. The quantitative estimate of drug-likeness (QED) is 0.669. The molecule has 0 spiro atoms. The zero-order chi connectivity index (χ0) is 16.4. The second-order valence-electron chi connectivity index (χ2n) is 6.66. The number of aromatic nitrogens is 1. The summed E-state index contributed by atoms with van der Waals surface area (Å²) in [5, 5.41) is 18.9. The van der Waals surface area contributed by atoms with Crippen LogP contribution in [0.15, 0.2) is 24.3 Å². The van der Waals surface area contributed by atoms with Crippen molar-refractivity contribution in [3.05, 3.63) is 40.1 Å². The molecule has 1 aliphatic rings. The third-order valence-electron chi connectivity index (χ3n) is 4.66. The molecular weight excluding hydrogens is 292 g/mol. The van der Waals surface area contributed by atoms with Crippen LogP contribution in [0, 0.1) is 22.5 Å². The fraction of sp³-hybridized carbons (Fsp3) is 0.471. The van der Waals surface area contributed by atoms with Crippen LogP contribution in [0.5, 0.6) is 0 Å². The summed E-state index contributed by atoms with van der Waals surface area (Å²) in [4.78, 5) is 15.2. The van der Waals surface area contributed by atoms with E-state index in [-0.39, 0.29) is 16.0 Å². The van der Waals surface area contributed by atoms with E-state index in [1.807, 2.05) is 19.1 Å². The number of pyridine rings is 1. The molecule has 1 aromatic heterocycles. The summed E-state index contributed by atoms with van der Waals surface area (Å²) in [6.45, 7) is 7.10. The molecule has 0 saturated carbocycles. The van der Waals surface area contributed by atoms with E-state index in [0.717, 1.165) is 49.2 Å². The smallest absolute Gasteiger partial charge is 0.295 e. The summed E-state index contributed by atoms with van der Waals surface area (Å²) in [6.07, 6.45) is 2.25. The van der Waals surface area contributed by atoms with Crippen molar-refractivity contribution in [1.82, 2.24) is 10.3 Å². The summed E-state index contributed by atoms with van der Waals surface area (Å²) in [5.41, 5.74) is 2.47. The number of anilines is 1. The molecule has 3 rings (SSSR count). The van der Waals surface area contributed by atoms with Crippen LogP contribution in [0.1, 0.15) is 25.5 Å². The van der Waals surface area contributed by atoms with Crippen LogP contribution in [-0.2, 0) is 0 Å². The van der Waals surface area contributed by atoms with E-state index in [4.69, 9.17) is 0 Å². The first-order valence-electron chi connectivity index (χ1n) is 7.98. The molecule has 2 heterocycles. The highest BCUT2D eigenvalue weighted by molar-refractivity contribution is 5.96. The van der Waals surface area contributed by atoms with Crippen molar-refractivity contribution in [2.75, 3.05) is 25.0 Å². The molecule has 6 nitrogen and oxygen atoms in total. The molecule has 0 aliphatic carbocycles. The Kier molecular flexibility index (Phi) is 4.17. The fourth-order valence-electron chi connectivity index (χ4n) is 3.17. The maximum absolute atomic E-state index is 11.2. The average molecular weight is 314 g/mol. The van der Waals surface area contributed by atoms with Crippen LogP contribution < -0.4 is 10.6 Å². The Bertz CT molecular complexity index is 739. The summed E-state index contributed by atoms with van der Waals surface area (Å²) < 4.78 is 0. The molecule has 6 heteroatoms. The highest BCUT2D eigenvalue weighted by atomic mass is 16.6. The minimum Gasteiger partial charge on any atom is -0.384 e. The number of nitrogens with one attached hydrogen (secondary N) is 2. The van der Waals surface area contributed by atoms with Crippen molar-refractivity contribution < 1.29 is 4.92 Å². The van der Waals surface area contributed by atoms with E-state index >= 15 is 0 Å². The molecule has 1 aromatic carbocycles. The highest BCUT2D eigenvalue weighted by Crippen LogP contribution is 2.32. The lowest BCUT2D eigenvalue weighted by atomic mass is 9.81. The molecule has 0 bridgehead atoms. The zero-order valence-corrected chi connectivity index (χ0v) is 13.6. The third kappa shape index (κ3) is 3.27. The first-order valence-corrected chi connectivity index (χ1v) is 7.98. The molecule has 122 valence electrons. The third-order valence-corrected chi connectivity index (χ3v) is 4.66.